The summed E-state index contributed by atoms with van der Waals surface area (Å²) in [4.78, 5) is 0. The van der Waals surface area contributed by atoms with Gasteiger partial charge in [-0.15, -0.1) is 0 Å². The minimum Gasteiger partial charge on any atom is -0.491 e. The van der Waals surface area contributed by atoms with Crippen molar-refractivity contribution < 1.29 is 4.74 Å². The number of benzene rings is 1. The Morgan fingerprint density at radius 1 is 1.19 bits per heavy atom. The van der Waals surface area contributed by atoms with E-state index >= 15 is 0 Å². The zero-order valence-electron chi connectivity index (χ0n) is 13.6. The van der Waals surface area contributed by atoms with Crippen LogP contribution in [0.15, 0.2) is 24.3 Å². The van der Waals surface area contributed by atoms with Gasteiger partial charge in [-0.3, -0.25) is 4.68 Å². The third-order valence-electron chi connectivity index (χ3n) is 3.76. The molecule has 0 amide bonds. The fraction of sp³-hybridized carbons (Fsp3) is 0.471. The van der Waals surface area contributed by atoms with Crippen LogP contribution in [0, 0.1) is 13.8 Å². The average molecular weight is 287 g/mol. The van der Waals surface area contributed by atoms with Gasteiger partial charge in [-0.2, -0.15) is 5.10 Å². The lowest BCUT2D eigenvalue weighted by molar-refractivity contribution is 0.242. The van der Waals surface area contributed by atoms with Crippen molar-refractivity contribution in [3.05, 3.63) is 46.8 Å². The zero-order valence-corrected chi connectivity index (χ0v) is 13.6. The van der Waals surface area contributed by atoms with Crippen LogP contribution in [0.5, 0.6) is 5.75 Å². The van der Waals surface area contributed by atoms with E-state index < -0.39 is 0 Å². The van der Waals surface area contributed by atoms with Gasteiger partial charge in [0, 0.05) is 18.8 Å². The van der Waals surface area contributed by atoms with Crippen LogP contribution in [0.2, 0.25) is 0 Å². The maximum atomic E-state index is 6.35. The normalized spacial score (nSPS) is 12.7. The van der Waals surface area contributed by atoms with Crippen LogP contribution in [0.3, 0.4) is 0 Å². The molecule has 2 rings (SSSR count). The first kappa shape index (κ1) is 15.6. The molecule has 2 N–H and O–H groups in total. The second-order valence-corrected chi connectivity index (χ2v) is 5.82. The van der Waals surface area contributed by atoms with Gasteiger partial charge in [0.2, 0.25) is 0 Å². The maximum Gasteiger partial charge on any atom is 0.119 e. The van der Waals surface area contributed by atoms with E-state index in [9.17, 15) is 0 Å². The lowest BCUT2D eigenvalue weighted by atomic mass is 9.98. The highest BCUT2D eigenvalue weighted by molar-refractivity contribution is 5.32. The van der Waals surface area contributed by atoms with Crippen molar-refractivity contribution in [2.24, 2.45) is 12.8 Å². The summed E-state index contributed by atoms with van der Waals surface area (Å²) in [6, 6.07) is 8.03. The smallest absolute Gasteiger partial charge is 0.119 e. The number of hydrogen-bond donors (Lipinski definition) is 1. The molecule has 1 heterocycles. The molecule has 4 heteroatoms. The van der Waals surface area contributed by atoms with E-state index in [2.05, 4.69) is 12.0 Å². The summed E-state index contributed by atoms with van der Waals surface area (Å²) in [6.07, 6.45) is 0.987. The minimum atomic E-state index is -0.0281. The number of rotatable bonds is 5. The molecule has 0 saturated carbocycles. The molecule has 0 saturated heterocycles. The highest BCUT2D eigenvalue weighted by Crippen LogP contribution is 2.23. The SMILES string of the molecule is Cc1nn(C)c(C)c1CC(N)c1ccc(OC(C)C)cc1. The topological polar surface area (TPSA) is 53.1 Å². The summed E-state index contributed by atoms with van der Waals surface area (Å²) in [5, 5.41) is 4.45. The van der Waals surface area contributed by atoms with Gasteiger partial charge in [0.1, 0.15) is 5.75 Å². The molecule has 1 unspecified atom stereocenters. The predicted octanol–water partition coefficient (Wildman–Crippen LogP) is 3.07. The monoisotopic (exact) mass is 287 g/mol. The molecule has 1 atom stereocenters. The molecule has 21 heavy (non-hydrogen) atoms. The molecule has 0 bridgehead atoms. The second kappa shape index (κ2) is 6.31. The zero-order chi connectivity index (χ0) is 15.6. The van der Waals surface area contributed by atoms with Gasteiger partial charge in [0.15, 0.2) is 0 Å². The van der Waals surface area contributed by atoms with Crippen molar-refractivity contribution >= 4 is 0 Å². The molecule has 0 spiro atoms. The summed E-state index contributed by atoms with van der Waals surface area (Å²) in [5.74, 6) is 0.884. The van der Waals surface area contributed by atoms with Crippen molar-refractivity contribution in [3.8, 4) is 5.75 Å². The van der Waals surface area contributed by atoms with E-state index in [4.69, 9.17) is 10.5 Å². The van der Waals surface area contributed by atoms with Crippen LogP contribution in [-0.2, 0) is 13.5 Å². The number of nitrogens with two attached hydrogens (primary N) is 1. The summed E-state index contributed by atoms with van der Waals surface area (Å²) < 4.78 is 7.57. The highest BCUT2D eigenvalue weighted by atomic mass is 16.5. The van der Waals surface area contributed by atoms with Gasteiger partial charge in [0.25, 0.3) is 0 Å². The van der Waals surface area contributed by atoms with Gasteiger partial charge in [-0.25, -0.2) is 0 Å². The molecule has 2 aromatic rings. The third-order valence-corrected chi connectivity index (χ3v) is 3.76. The van der Waals surface area contributed by atoms with Crippen LogP contribution in [0.1, 0.15) is 42.4 Å². The Labute approximate surface area is 126 Å². The fourth-order valence-corrected chi connectivity index (χ4v) is 2.52. The van der Waals surface area contributed by atoms with E-state index in [1.54, 1.807) is 0 Å². The average Bonchev–Trinajstić information content (AvgIpc) is 2.65. The first-order chi connectivity index (χ1) is 9.88. The van der Waals surface area contributed by atoms with Crippen molar-refractivity contribution in [2.75, 3.05) is 0 Å². The fourth-order valence-electron chi connectivity index (χ4n) is 2.52. The number of aryl methyl sites for hydroxylation is 2. The number of hydrogen-bond acceptors (Lipinski definition) is 3. The standard InChI is InChI=1S/C17H25N3O/c1-11(2)21-15-8-6-14(7-9-15)17(18)10-16-12(3)19-20(5)13(16)4/h6-9,11,17H,10,18H2,1-5H3. The van der Waals surface area contributed by atoms with Gasteiger partial charge in [0.05, 0.1) is 11.8 Å². The molecular weight excluding hydrogens is 262 g/mol. The van der Waals surface area contributed by atoms with E-state index in [1.165, 1.54) is 11.3 Å². The highest BCUT2D eigenvalue weighted by Gasteiger charge is 2.14. The number of nitrogens with zero attached hydrogens (tertiary/aromatic N) is 2. The Kier molecular flexibility index (Phi) is 4.68. The summed E-state index contributed by atoms with van der Waals surface area (Å²) in [5.41, 5.74) is 11.0. The lowest BCUT2D eigenvalue weighted by Gasteiger charge is -2.14. The predicted molar refractivity (Wildman–Crippen MR) is 85.5 cm³/mol. The van der Waals surface area contributed by atoms with Crippen molar-refractivity contribution in [3.63, 3.8) is 0 Å². The molecule has 1 aromatic heterocycles. The van der Waals surface area contributed by atoms with Crippen molar-refractivity contribution in [1.29, 1.82) is 0 Å². The molecular formula is C17H25N3O. The van der Waals surface area contributed by atoms with Crippen LogP contribution < -0.4 is 10.5 Å². The number of aromatic nitrogens is 2. The summed E-state index contributed by atoms with van der Waals surface area (Å²) in [6.45, 7) is 8.16. The van der Waals surface area contributed by atoms with E-state index in [-0.39, 0.29) is 12.1 Å². The van der Waals surface area contributed by atoms with E-state index in [1.807, 2.05) is 56.8 Å². The van der Waals surface area contributed by atoms with Crippen molar-refractivity contribution in [1.82, 2.24) is 9.78 Å². The van der Waals surface area contributed by atoms with Gasteiger partial charge < -0.3 is 10.5 Å². The third kappa shape index (κ3) is 3.64. The van der Waals surface area contributed by atoms with Gasteiger partial charge in [-0.1, -0.05) is 12.1 Å². The van der Waals surface area contributed by atoms with Gasteiger partial charge in [-0.05, 0) is 57.4 Å². The number of ether oxygens (including phenoxy) is 1. The molecule has 114 valence electrons. The molecule has 4 nitrogen and oxygen atoms in total. The van der Waals surface area contributed by atoms with Crippen molar-refractivity contribution in [2.45, 2.75) is 46.3 Å². The first-order valence-electron chi connectivity index (χ1n) is 7.39. The Bertz CT molecular complexity index is 599. The van der Waals surface area contributed by atoms with Crippen LogP contribution in [0.4, 0.5) is 0 Å². The Morgan fingerprint density at radius 2 is 1.81 bits per heavy atom. The maximum absolute atomic E-state index is 6.35. The largest absolute Gasteiger partial charge is 0.491 e. The molecule has 0 aliphatic rings. The molecule has 1 aromatic carbocycles. The second-order valence-electron chi connectivity index (χ2n) is 5.82. The van der Waals surface area contributed by atoms with Gasteiger partial charge >= 0.3 is 0 Å². The van der Waals surface area contributed by atoms with Crippen LogP contribution in [-0.4, -0.2) is 15.9 Å². The molecule has 0 fully saturated rings. The van der Waals surface area contributed by atoms with Crippen LogP contribution >= 0.6 is 0 Å². The lowest BCUT2D eigenvalue weighted by Crippen LogP contribution is -2.14. The molecule has 0 radical (unpaired) electrons. The Hall–Kier alpha value is -1.81. The quantitative estimate of drug-likeness (QED) is 0.919. The van der Waals surface area contributed by atoms with E-state index in [0.717, 1.165) is 23.4 Å². The Morgan fingerprint density at radius 3 is 2.29 bits per heavy atom. The summed E-state index contributed by atoms with van der Waals surface area (Å²) >= 11 is 0. The summed E-state index contributed by atoms with van der Waals surface area (Å²) in [7, 11) is 1.97. The van der Waals surface area contributed by atoms with E-state index in [0.29, 0.717) is 0 Å². The molecule has 0 aliphatic carbocycles. The first-order valence-corrected chi connectivity index (χ1v) is 7.39. The molecule has 0 aliphatic heterocycles. The minimum absolute atomic E-state index is 0.0281. The van der Waals surface area contributed by atoms with Crippen LogP contribution in [0.25, 0.3) is 0 Å². The Balaban J connectivity index is 2.11.